The van der Waals surface area contributed by atoms with Gasteiger partial charge in [0.1, 0.15) is 6.10 Å². The molecular weight excluding hydrogens is 164 g/mol. The van der Waals surface area contributed by atoms with Crippen LogP contribution in [0.15, 0.2) is 0 Å². The standard InChI is InChI=1S/C11H19O2/c1-2-7-11(12)13-10-8-5-3-4-6-9-10/h10H,1-9H2. The summed E-state index contributed by atoms with van der Waals surface area (Å²) in [5.74, 6) is -0.0677. The molecule has 1 radical (unpaired) electrons. The molecule has 0 spiro atoms. The molecule has 0 bridgehead atoms. The van der Waals surface area contributed by atoms with Gasteiger partial charge in [-0.05, 0) is 32.1 Å². The van der Waals surface area contributed by atoms with Crippen LogP contribution >= 0.6 is 0 Å². The van der Waals surface area contributed by atoms with Crippen LogP contribution in [0, 0.1) is 6.92 Å². The van der Waals surface area contributed by atoms with Gasteiger partial charge in [-0.1, -0.05) is 19.8 Å². The van der Waals surface area contributed by atoms with Crippen LogP contribution in [-0.4, -0.2) is 12.1 Å². The summed E-state index contributed by atoms with van der Waals surface area (Å²) in [7, 11) is 0. The van der Waals surface area contributed by atoms with Crippen LogP contribution in [0.1, 0.15) is 51.4 Å². The molecule has 2 nitrogen and oxygen atoms in total. The second kappa shape index (κ2) is 6.01. The zero-order chi connectivity index (χ0) is 9.52. The highest BCUT2D eigenvalue weighted by molar-refractivity contribution is 5.69. The molecule has 2 heteroatoms. The Bertz CT molecular complexity index is 146. The zero-order valence-corrected chi connectivity index (χ0v) is 8.26. The van der Waals surface area contributed by atoms with Crippen molar-refractivity contribution in [2.24, 2.45) is 0 Å². The third-order valence-electron chi connectivity index (χ3n) is 2.48. The highest BCUT2D eigenvalue weighted by Gasteiger charge is 2.15. The van der Waals surface area contributed by atoms with Crippen LogP contribution in [0.3, 0.4) is 0 Å². The molecule has 1 fully saturated rings. The Morgan fingerprint density at radius 2 is 1.85 bits per heavy atom. The number of carbonyl (C=O) groups is 1. The lowest BCUT2D eigenvalue weighted by molar-refractivity contribution is -0.149. The highest BCUT2D eigenvalue weighted by atomic mass is 16.5. The van der Waals surface area contributed by atoms with Crippen molar-refractivity contribution in [1.29, 1.82) is 0 Å². The van der Waals surface area contributed by atoms with Crippen LogP contribution in [-0.2, 0) is 9.53 Å². The maximum Gasteiger partial charge on any atom is 0.306 e. The fourth-order valence-corrected chi connectivity index (χ4v) is 1.75. The van der Waals surface area contributed by atoms with E-state index in [9.17, 15) is 4.79 Å². The Hall–Kier alpha value is -0.530. The van der Waals surface area contributed by atoms with Gasteiger partial charge in [0, 0.05) is 6.42 Å². The monoisotopic (exact) mass is 183 g/mol. The van der Waals surface area contributed by atoms with Crippen LogP contribution in [0.2, 0.25) is 0 Å². The molecule has 0 aromatic carbocycles. The first kappa shape index (κ1) is 10.6. The van der Waals surface area contributed by atoms with Gasteiger partial charge in [0.05, 0.1) is 0 Å². The van der Waals surface area contributed by atoms with E-state index >= 15 is 0 Å². The Kier molecular flexibility index (Phi) is 4.87. The Balaban J connectivity index is 2.21. The van der Waals surface area contributed by atoms with Crippen molar-refractivity contribution < 1.29 is 9.53 Å². The molecule has 75 valence electrons. The van der Waals surface area contributed by atoms with Crippen molar-refractivity contribution in [1.82, 2.24) is 0 Å². The van der Waals surface area contributed by atoms with Gasteiger partial charge in [-0.15, -0.1) is 0 Å². The molecule has 0 atom stereocenters. The minimum Gasteiger partial charge on any atom is -0.462 e. The van der Waals surface area contributed by atoms with Gasteiger partial charge in [0.2, 0.25) is 0 Å². The lowest BCUT2D eigenvalue weighted by Gasteiger charge is -2.14. The van der Waals surface area contributed by atoms with Crippen LogP contribution < -0.4 is 0 Å². The molecule has 1 rings (SSSR count). The van der Waals surface area contributed by atoms with E-state index in [1.807, 2.05) is 0 Å². The minimum absolute atomic E-state index is 0.0677. The maximum absolute atomic E-state index is 11.2. The van der Waals surface area contributed by atoms with Crippen molar-refractivity contribution in [3.05, 3.63) is 6.92 Å². The lowest BCUT2D eigenvalue weighted by Crippen LogP contribution is -2.16. The van der Waals surface area contributed by atoms with E-state index < -0.39 is 0 Å². The quantitative estimate of drug-likeness (QED) is 0.496. The molecule has 0 saturated heterocycles. The van der Waals surface area contributed by atoms with Gasteiger partial charge in [0.15, 0.2) is 0 Å². The lowest BCUT2D eigenvalue weighted by atomic mass is 10.1. The fraction of sp³-hybridized carbons (Fsp3) is 0.818. The zero-order valence-electron chi connectivity index (χ0n) is 8.26. The molecule has 1 aliphatic carbocycles. The molecule has 0 amide bonds. The average molecular weight is 183 g/mol. The number of rotatable bonds is 3. The number of carbonyl (C=O) groups excluding carboxylic acids is 1. The van der Waals surface area contributed by atoms with Crippen molar-refractivity contribution in [3.63, 3.8) is 0 Å². The van der Waals surface area contributed by atoms with Gasteiger partial charge >= 0.3 is 5.97 Å². The highest BCUT2D eigenvalue weighted by Crippen LogP contribution is 2.20. The fourth-order valence-electron chi connectivity index (χ4n) is 1.75. The second-order valence-electron chi connectivity index (χ2n) is 3.71. The first-order valence-corrected chi connectivity index (χ1v) is 5.31. The van der Waals surface area contributed by atoms with Crippen molar-refractivity contribution in [3.8, 4) is 0 Å². The topological polar surface area (TPSA) is 26.3 Å². The van der Waals surface area contributed by atoms with E-state index in [2.05, 4.69) is 6.92 Å². The molecule has 0 heterocycles. The second-order valence-corrected chi connectivity index (χ2v) is 3.71. The first-order chi connectivity index (χ1) is 6.33. The number of hydrogen-bond acceptors (Lipinski definition) is 2. The summed E-state index contributed by atoms with van der Waals surface area (Å²) in [5, 5.41) is 0. The molecule has 0 aromatic rings. The van der Waals surface area contributed by atoms with Crippen molar-refractivity contribution in [2.75, 3.05) is 0 Å². The molecule has 0 unspecified atom stereocenters. The van der Waals surface area contributed by atoms with Gasteiger partial charge in [0.25, 0.3) is 0 Å². The Morgan fingerprint density at radius 3 is 2.38 bits per heavy atom. The number of hydrogen-bond donors (Lipinski definition) is 0. The summed E-state index contributed by atoms with van der Waals surface area (Å²) >= 11 is 0. The van der Waals surface area contributed by atoms with Gasteiger partial charge < -0.3 is 4.74 Å². The third kappa shape index (κ3) is 4.30. The summed E-state index contributed by atoms with van der Waals surface area (Å²) in [4.78, 5) is 11.2. The largest absolute Gasteiger partial charge is 0.462 e. The molecule has 0 N–H and O–H groups in total. The SMILES string of the molecule is [CH2]CCC(=O)OC1CCCCCC1. The molecule has 0 aromatic heterocycles. The minimum atomic E-state index is -0.0677. The summed E-state index contributed by atoms with van der Waals surface area (Å²) in [6.45, 7) is 3.64. The molecule has 13 heavy (non-hydrogen) atoms. The van der Waals surface area contributed by atoms with E-state index in [-0.39, 0.29) is 12.1 Å². The van der Waals surface area contributed by atoms with Crippen molar-refractivity contribution >= 4 is 5.97 Å². The van der Waals surface area contributed by atoms with Crippen LogP contribution in [0.5, 0.6) is 0 Å². The number of ether oxygens (including phenoxy) is 1. The number of esters is 1. The Morgan fingerprint density at radius 1 is 1.23 bits per heavy atom. The third-order valence-corrected chi connectivity index (χ3v) is 2.48. The van der Waals surface area contributed by atoms with Gasteiger partial charge in [-0.2, -0.15) is 0 Å². The summed E-state index contributed by atoms with van der Waals surface area (Å²) in [5.41, 5.74) is 0. The maximum atomic E-state index is 11.2. The van der Waals surface area contributed by atoms with Gasteiger partial charge in [-0.25, -0.2) is 0 Å². The summed E-state index contributed by atoms with van der Waals surface area (Å²) in [6.07, 6.45) is 8.44. The van der Waals surface area contributed by atoms with E-state index in [1.54, 1.807) is 0 Å². The molecule has 0 aliphatic heterocycles. The average Bonchev–Trinajstić information content (AvgIpc) is 2.33. The van der Waals surface area contributed by atoms with E-state index in [1.165, 1.54) is 25.7 Å². The summed E-state index contributed by atoms with van der Waals surface area (Å²) in [6, 6.07) is 0. The molecule has 1 saturated carbocycles. The molecule has 1 aliphatic rings. The summed E-state index contributed by atoms with van der Waals surface area (Å²) < 4.78 is 5.33. The van der Waals surface area contributed by atoms with Crippen LogP contribution in [0.4, 0.5) is 0 Å². The smallest absolute Gasteiger partial charge is 0.306 e. The predicted molar refractivity (Wildman–Crippen MR) is 52.2 cm³/mol. The van der Waals surface area contributed by atoms with Gasteiger partial charge in [-0.3, -0.25) is 4.79 Å². The predicted octanol–water partition coefficient (Wildman–Crippen LogP) is 2.87. The van der Waals surface area contributed by atoms with E-state index in [0.29, 0.717) is 12.8 Å². The Labute approximate surface area is 80.7 Å². The van der Waals surface area contributed by atoms with Crippen LogP contribution in [0.25, 0.3) is 0 Å². The van der Waals surface area contributed by atoms with E-state index in [0.717, 1.165) is 12.8 Å². The van der Waals surface area contributed by atoms with E-state index in [4.69, 9.17) is 4.74 Å². The normalized spacial score (nSPS) is 19.5. The molecular formula is C11H19O2. The van der Waals surface area contributed by atoms with Crippen molar-refractivity contribution in [2.45, 2.75) is 57.5 Å². The first-order valence-electron chi connectivity index (χ1n) is 5.31.